The van der Waals surface area contributed by atoms with Crippen LogP contribution < -0.4 is 5.32 Å². The molecule has 2 aromatic carbocycles. The second kappa shape index (κ2) is 6.53. The molecular formula is C15H13Cl2F2N. The number of likely N-dealkylation sites (N-methyl/N-ethyl adjacent to an activating group) is 1. The van der Waals surface area contributed by atoms with Crippen LogP contribution in [-0.2, 0) is 6.42 Å². The standard InChI is InChI=1S/C15H13Cl2F2N/c1-20-14(9-4-2-7-13(19)15(9)17)8-10-11(16)5-3-6-12(10)18/h2-7,14,20H,8H2,1H3. The number of nitrogens with one attached hydrogen (secondary N) is 1. The van der Waals surface area contributed by atoms with Gasteiger partial charge in [-0.25, -0.2) is 8.78 Å². The second-order valence-corrected chi connectivity index (χ2v) is 5.17. The lowest BCUT2D eigenvalue weighted by Crippen LogP contribution is -2.20. The summed E-state index contributed by atoms with van der Waals surface area (Å²) in [7, 11) is 1.71. The Morgan fingerprint density at radius 1 is 1.05 bits per heavy atom. The van der Waals surface area contributed by atoms with Crippen LogP contribution in [0.4, 0.5) is 8.78 Å². The monoisotopic (exact) mass is 315 g/mol. The average Bonchev–Trinajstić information content (AvgIpc) is 2.42. The zero-order valence-corrected chi connectivity index (χ0v) is 12.3. The van der Waals surface area contributed by atoms with Crippen molar-refractivity contribution in [3.8, 4) is 0 Å². The van der Waals surface area contributed by atoms with Gasteiger partial charge in [-0.1, -0.05) is 41.4 Å². The molecule has 1 unspecified atom stereocenters. The van der Waals surface area contributed by atoms with Gasteiger partial charge in [0.15, 0.2) is 0 Å². The molecule has 0 aromatic heterocycles. The van der Waals surface area contributed by atoms with E-state index in [1.807, 2.05) is 0 Å². The topological polar surface area (TPSA) is 12.0 Å². The highest BCUT2D eigenvalue weighted by atomic mass is 35.5. The van der Waals surface area contributed by atoms with E-state index in [1.165, 1.54) is 12.1 Å². The van der Waals surface area contributed by atoms with E-state index in [1.54, 1.807) is 31.3 Å². The minimum atomic E-state index is -0.496. The van der Waals surface area contributed by atoms with E-state index in [0.29, 0.717) is 16.1 Å². The summed E-state index contributed by atoms with van der Waals surface area (Å²) in [6, 6.07) is 8.76. The average molecular weight is 316 g/mol. The van der Waals surface area contributed by atoms with Gasteiger partial charge < -0.3 is 5.32 Å². The van der Waals surface area contributed by atoms with Crippen LogP contribution in [0.1, 0.15) is 17.2 Å². The SMILES string of the molecule is CNC(Cc1c(F)cccc1Cl)c1cccc(F)c1Cl. The lowest BCUT2D eigenvalue weighted by molar-refractivity contribution is 0.549. The first-order chi connectivity index (χ1) is 9.54. The van der Waals surface area contributed by atoms with Gasteiger partial charge in [0.25, 0.3) is 0 Å². The molecule has 106 valence electrons. The molecular weight excluding hydrogens is 303 g/mol. The maximum absolute atomic E-state index is 13.8. The van der Waals surface area contributed by atoms with Crippen LogP contribution in [0.5, 0.6) is 0 Å². The molecule has 0 amide bonds. The van der Waals surface area contributed by atoms with E-state index < -0.39 is 5.82 Å². The zero-order valence-electron chi connectivity index (χ0n) is 10.8. The minimum absolute atomic E-state index is 0.0410. The van der Waals surface area contributed by atoms with E-state index in [2.05, 4.69) is 5.32 Å². The van der Waals surface area contributed by atoms with E-state index >= 15 is 0 Å². The van der Waals surface area contributed by atoms with Gasteiger partial charge in [0.05, 0.1) is 5.02 Å². The van der Waals surface area contributed by atoms with Gasteiger partial charge >= 0.3 is 0 Å². The van der Waals surface area contributed by atoms with Crippen molar-refractivity contribution in [3.05, 3.63) is 69.2 Å². The Morgan fingerprint density at radius 2 is 1.70 bits per heavy atom. The maximum atomic E-state index is 13.8. The fourth-order valence-electron chi connectivity index (χ4n) is 2.09. The van der Waals surface area contributed by atoms with Crippen LogP contribution in [0, 0.1) is 11.6 Å². The Hall–Kier alpha value is -1.16. The van der Waals surface area contributed by atoms with Gasteiger partial charge in [-0.15, -0.1) is 0 Å². The van der Waals surface area contributed by atoms with Crippen molar-refractivity contribution < 1.29 is 8.78 Å². The second-order valence-electron chi connectivity index (χ2n) is 4.39. The molecule has 0 heterocycles. The third kappa shape index (κ3) is 3.11. The smallest absolute Gasteiger partial charge is 0.142 e. The molecule has 1 nitrogen and oxygen atoms in total. The summed E-state index contributed by atoms with van der Waals surface area (Å²) >= 11 is 12.0. The van der Waals surface area contributed by atoms with Gasteiger partial charge in [-0.05, 0) is 37.2 Å². The van der Waals surface area contributed by atoms with Crippen LogP contribution in [0.3, 0.4) is 0 Å². The van der Waals surface area contributed by atoms with Crippen molar-refractivity contribution in [2.24, 2.45) is 0 Å². The summed E-state index contributed by atoms with van der Waals surface area (Å²) in [6.45, 7) is 0. The molecule has 0 saturated heterocycles. The van der Waals surface area contributed by atoms with Gasteiger partial charge in [0.1, 0.15) is 11.6 Å². The number of benzene rings is 2. The molecule has 0 bridgehead atoms. The third-order valence-electron chi connectivity index (χ3n) is 3.18. The molecule has 1 atom stereocenters. The molecule has 2 aromatic rings. The summed E-state index contributed by atoms with van der Waals surface area (Å²) in [4.78, 5) is 0. The Kier molecular flexibility index (Phi) is 4.97. The fourth-order valence-corrected chi connectivity index (χ4v) is 2.59. The number of halogens is 4. The van der Waals surface area contributed by atoms with Crippen LogP contribution in [0.15, 0.2) is 36.4 Å². The van der Waals surface area contributed by atoms with Crippen LogP contribution >= 0.6 is 23.2 Å². The van der Waals surface area contributed by atoms with Crippen molar-refractivity contribution >= 4 is 23.2 Å². The van der Waals surface area contributed by atoms with Crippen LogP contribution in [0.25, 0.3) is 0 Å². The van der Waals surface area contributed by atoms with Gasteiger partial charge in [0.2, 0.25) is 0 Å². The van der Waals surface area contributed by atoms with Crippen molar-refractivity contribution in [2.75, 3.05) is 7.05 Å². The van der Waals surface area contributed by atoms with Crippen molar-refractivity contribution in [3.63, 3.8) is 0 Å². The maximum Gasteiger partial charge on any atom is 0.142 e. The molecule has 0 aliphatic heterocycles. The Labute approximate surface area is 126 Å². The number of hydrogen-bond donors (Lipinski definition) is 1. The molecule has 1 N–H and O–H groups in total. The van der Waals surface area contributed by atoms with Crippen molar-refractivity contribution in [1.82, 2.24) is 5.32 Å². The molecule has 0 fully saturated rings. The van der Waals surface area contributed by atoms with E-state index in [-0.39, 0.29) is 23.3 Å². The highest BCUT2D eigenvalue weighted by Gasteiger charge is 2.19. The van der Waals surface area contributed by atoms with Gasteiger partial charge in [-0.2, -0.15) is 0 Å². The van der Waals surface area contributed by atoms with Crippen molar-refractivity contribution in [1.29, 1.82) is 0 Å². The van der Waals surface area contributed by atoms with E-state index in [4.69, 9.17) is 23.2 Å². The van der Waals surface area contributed by atoms with E-state index in [0.717, 1.165) is 0 Å². The summed E-state index contributed by atoms with van der Waals surface area (Å²) in [5.74, 6) is -0.880. The Balaban J connectivity index is 2.37. The summed E-state index contributed by atoms with van der Waals surface area (Å²) in [5.41, 5.74) is 0.960. The molecule has 0 aliphatic rings. The first-order valence-electron chi connectivity index (χ1n) is 6.08. The van der Waals surface area contributed by atoms with Crippen molar-refractivity contribution in [2.45, 2.75) is 12.5 Å². The number of rotatable bonds is 4. The molecule has 0 aliphatic carbocycles. The first kappa shape index (κ1) is 15.2. The quantitative estimate of drug-likeness (QED) is 0.856. The molecule has 20 heavy (non-hydrogen) atoms. The highest BCUT2D eigenvalue weighted by Crippen LogP contribution is 2.30. The minimum Gasteiger partial charge on any atom is -0.313 e. The molecule has 0 radical (unpaired) electrons. The number of hydrogen-bond acceptors (Lipinski definition) is 1. The predicted octanol–water partition coefficient (Wildman–Crippen LogP) is 4.77. The predicted molar refractivity (Wildman–Crippen MR) is 78.3 cm³/mol. The first-order valence-corrected chi connectivity index (χ1v) is 6.84. The normalized spacial score (nSPS) is 12.4. The zero-order chi connectivity index (χ0) is 14.7. The molecule has 5 heteroatoms. The molecule has 0 saturated carbocycles. The molecule has 0 spiro atoms. The summed E-state index contributed by atoms with van der Waals surface area (Å²) < 4.78 is 27.3. The summed E-state index contributed by atoms with van der Waals surface area (Å²) in [5, 5.41) is 3.40. The van der Waals surface area contributed by atoms with Gasteiger partial charge in [0, 0.05) is 16.6 Å². The van der Waals surface area contributed by atoms with E-state index in [9.17, 15) is 8.78 Å². The lowest BCUT2D eigenvalue weighted by Gasteiger charge is -2.19. The summed E-state index contributed by atoms with van der Waals surface area (Å²) in [6.07, 6.45) is 0.283. The van der Waals surface area contributed by atoms with Crippen LogP contribution in [0.2, 0.25) is 10.0 Å². The largest absolute Gasteiger partial charge is 0.313 e. The highest BCUT2D eigenvalue weighted by molar-refractivity contribution is 6.32. The fraction of sp³-hybridized carbons (Fsp3) is 0.200. The lowest BCUT2D eigenvalue weighted by atomic mass is 9.98. The third-order valence-corrected chi connectivity index (χ3v) is 3.93. The Bertz CT molecular complexity index is 597. The van der Waals surface area contributed by atoms with Crippen LogP contribution in [-0.4, -0.2) is 7.05 Å². The molecule has 2 rings (SSSR count). The van der Waals surface area contributed by atoms with Gasteiger partial charge in [-0.3, -0.25) is 0 Å². The Morgan fingerprint density at radius 3 is 2.35 bits per heavy atom.